The second-order valence-electron chi connectivity index (χ2n) is 10.8. The number of rotatable bonds is 11. The van der Waals surface area contributed by atoms with Crippen LogP contribution in [0.4, 0.5) is 0 Å². The maximum absolute atomic E-state index is 13.2. The maximum atomic E-state index is 13.2. The molecule has 2 aliphatic rings. The highest BCUT2D eigenvalue weighted by atomic mass is 16.5. The predicted octanol–water partition coefficient (Wildman–Crippen LogP) is 7.44. The summed E-state index contributed by atoms with van der Waals surface area (Å²) in [6, 6.07) is 3.89. The Morgan fingerprint density at radius 1 is 1.18 bits per heavy atom. The lowest BCUT2D eigenvalue weighted by Crippen LogP contribution is -2.28. The molecule has 2 heterocycles. The lowest BCUT2D eigenvalue weighted by atomic mass is 9.87. The number of amides is 1. The second-order valence-corrected chi connectivity index (χ2v) is 10.8. The molecule has 0 saturated heterocycles. The fourth-order valence-corrected chi connectivity index (χ4v) is 5.29. The van der Waals surface area contributed by atoms with Crippen molar-refractivity contribution in [2.45, 2.75) is 105 Å². The third-order valence-electron chi connectivity index (χ3n) is 7.88. The average molecular weight is 551 g/mol. The summed E-state index contributed by atoms with van der Waals surface area (Å²) >= 11 is 0. The van der Waals surface area contributed by atoms with E-state index in [1.54, 1.807) is 0 Å². The van der Waals surface area contributed by atoms with E-state index < -0.39 is 5.97 Å². The van der Waals surface area contributed by atoms with Crippen LogP contribution >= 0.6 is 0 Å². The van der Waals surface area contributed by atoms with Crippen molar-refractivity contribution in [3.63, 3.8) is 0 Å². The van der Waals surface area contributed by atoms with Crippen molar-refractivity contribution in [3.8, 4) is 5.75 Å². The normalized spacial score (nSPS) is 15.3. The molecule has 1 aromatic carbocycles. The molecule has 1 amide bonds. The number of hydrogen-bond acceptors (Lipinski definition) is 5. The van der Waals surface area contributed by atoms with Crippen molar-refractivity contribution in [2.24, 2.45) is 5.92 Å². The first-order valence-electron chi connectivity index (χ1n) is 14.7. The average Bonchev–Trinajstić information content (AvgIpc) is 3.57. The number of aryl methyl sites for hydroxylation is 2. The summed E-state index contributed by atoms with van der Waals surface area (Å²) < 4.78 is 12.0. The first-order valence-corrected chi connectivity index (χ1v) is 14.7. The number of allylic oxidation sites excluding steroid dienone is 3. The molecule has 7 nitrogen and oxygen atoms in total. The van der Waals surface area contributed by atoms with Crippen LogP contribution in [-0.4, -0.2) is 33.5 Å². The van der Waals surface area contributed by atoms with Crippen LogP contribution in [0.2, 0.25) is 0 Å². The zero-order valence-electron chi connectivity index (χ0n) is 24.8. The van der Waals surface area contributed by atoms with Gasteiger partial charge in [-0.15, -0.1) is 6.58 Å². The number of carbonyl (C=O) groups is 2. The number of fused-ring (bicyclic) bond motifs is 1. The molecule has 4 rings (SSSR count). The summed E-state index contributed by atoms with van der Waals surface area (Å²) in [7, 11) is 0. The Kier molecular flexibility index (Phi) is 12.0. The van der Waals surface area contributed by atoms with Crippen molar-refractivity contribution in [2.75, 3.05) is 6.61 Å². The van der Waals surface area contributed by atoms with Crippen molar-refractivity contribution in [1.82, 2.24) is 9.88 Å². The molecule has 0 unspecified atom stereocenters. The van der Waals surface area contributed by atoms with E-state index in [0.717, 1.165) is 58.7 Å². The van der Waals surface area contributed by atoms with Gasteiger partial charge in [0.2, 0.25) is 11.8 Å². The molecule has 7 heteroatoms. The van der Waals surface area contributed by atoms with Gasteiger partial charge in [0.15, 0.2) is 0 Å². The highest BCUT2D eigenvalue weighted by Gasteiger charge is 2.30. The molecule has 0 radical (unpaired) electrons. The number of ether oxygens (including phenoxy) is 1. The van der Waals surface area contributed by atoms with Gasteiger partial charge in [0.05, 0.1) is 12.3 Å². The number of carbonyl (C=O) groups excluding carboxylic acids is 1. The van der Waals surface area contributed by atoms with Crippen LogP contribution in [0.25, 0.3) is 5.57 Å². The smallest absolute Gasteiger partial charge is 0.303 e. The zero-order chi connectivity index (χ0) is 29.1. The number of hydrogen-bond donors (Lipinski definition) is 1. The van der Waals surface area contributed by atoms with Crippen LogP contribution in [0.15, 0.2) is 35.3 Å². The quantitative estimate of drug-likeness (QED) is 0.292. The first kappa shape index (κ1) is 31.2. The van der Waals surface area contributed by atoms with Crippen LogP contribution in [0.3, 0.4) is 0 Å². The van der Waals surface area contributed by atoms with E-state index in [1.807, 2.05) is 50.0 Å². The predicted molar refractivity (Wildman–Crippen MR) is 158 cm³/mol. The third kappa shape index (κ3) is 8.57. The molecule has 0 spiro atoms. The molecule has 0 atom stereocenters. The summed E-state index contributed by atoms with van der Waals surface area (Å²) in [6.45, 7) is 12.9. The van der Waals surface area contributed by atoms with Crippen molar-refractivity contribution in [1.29, 1.82) is 0 Å². The van der Waals surface area contributed by atoms with Crippen molar-refractivity contribution >= 4 is 17.4 Å². The molecule has 2 aromatic rings. The summed E-state index contributed by atoms with van der Waals surface area (Å²) in [5.41, 5.74) is 4.93. The molecule has 1 saturated carbocycles. The molecule has 1 N–H and O–H groups in total. The van der Waals surface area contributed by atoms with Crippen LogP contribution in [-0.2, 0) is 35.5 Å². The molecule has 1 aromatic heterocycles. The molecular formula is C33H46N2O5. The lowest BCUT2D eigenvalue weighted by molar-refractivity contribution is -0.137. The monoisotopic (exact) mass is 550 g/mol. The van der Waals surface area contributed by atoms with Gasteiger partial charge in [-0.2, -0.15) is 0 Å². The lowest BCUT2D eigenvalue weighted by Gasteiger charge is -2.24. The zero-order valence-corrected chi connectivity index (χ0v) is 24.8. The SMILES string of the molecule is C/C=C(\C)c1nc(CCOc2ccc(CCC(=O)O)c3c2CN(C(=O)CC2CCCCC2)C3)c(C)o1.C=CCC. The highest BCUT2D eigenvalue weighted by molar-refractivity contribution is 5.77. The van der Waals surface area contributed by atoms with Crippen LogP contribution in [0.1, 0.15) is 106 Å². The summed E-state index contributed by atoms with van der Waals surface area (Å²) in [6.07, 6.45) is 12.7. The fourth-order valence-electron chi connectivity index (χ4n) is 5.29. The second kappa shape index (κ2) is 15.4. The Balaban J connectivity index is 0.00000103. The van der Waals surface area contributed by atoms with E-state index in [4.69, 9.17) is 9.15 Å². The number of nitrogens with zero attached hydrogens (tertiary/aromatic N) is 2. The Labute approximate surface area is 239 Å². The number of carboxylic acids is 1. The van der Waals surface area contributed by atoms with Gasteiger partial charge in [-0.1, -0.05) is 44.4 Å². The maximum Gasteiger partial charge on any atom is 0.303 e. The van der Waals surface area contributed by atoms with Gasteiger partial charge >= 0.3 is 5.97 Å². The molecule has 0 bridgehead atoms. The van der Waals surface area contributed by atoms with Crippen LogP contribution in [0, 0.1) is 12.8 Å². The third-order valence-corrected chi connectivity index (χ3v) is 7.88. The van der Waals surface area contributed by atoms with Crippen LogP contribution in [0.5, 0.6) is 5.75 Å². The molecule has 218 valence electrons. The number of carboxylic acid groups (broad SMARTS) is 1. The molecule has 1 aliphatic carbocycles. The largest absolute Gasteiger partial charge is 0.493 e. The Hall–Kier alpha value is -3.35. The number of aromatic nitrogens is 1. The van der Waals surface area contributed by atoms with Gasteiger partial charge in [0.25, 0.3) is 0 Å². The fraction of sp³-hybridized carbons (Fsp3) is 0.545. The van der Waals surface area contributed by atoms with E-state index >= 15 is 0 Å². The molecular weight excluding hydrogens is 504 g/mol. The van der Waals surface area contributed by atoms with E-state index in [-0.39, 0.29) is 12.3 Å². The van der Waals surface area contributed by atoms with E-state index in [9.17, 15) is 14.7 Å². The van der Waals surface area contributed by atoms with Crippen molar-refractivity contribution in [3.05, 3.63) is 64.9 Å². The summed E-state index contributed by atoms with van der Waals surface area (Å²) in [5.74, 6) is 2.06. The standard InChI is InChI=1S/C29H38N2O5.C4H8/c1-4-19(2)29-30-25(20(3)36-29)14-15-35-26-12-10-22(11-13-28(33)34)23-17-31(18-24(23)26)27(32)16-21-8-6-5-7-9-21;1-3-4-2/h4,10,12,21H,5-9,11,13-18H2,1-3H3,(H,33,34);3H,1,4H2,2H3/b19-4+;. The van der Waals surface area contributed by atoms with Gasteiger partial charge in [-0.3, -0.25) is 9.59 Å². The molecule has 1 aliphatic heterocycles. The topological polar surface area (TPSA) is 92.9 Å². The van der Waals surface area contributed by atoms with Gasteiger partial charge in [0, 0.05) is 43.5 Å². The minimum absolute atomic E-state index is 0.0715. The van der Waals surface area contributed by atoms with Crippen LogP contribution < -0.4 is 4.74 Å². The molecule has 40 heavy (non-hydrogen) atoms. The minimum atomic E-state index is -0.817. The van der Waals surface area contributed by atoms with E-state index in [2.05, 4.69) is 18.5 Å². The van der Waals surface area contributed by atoms with E-state index in [1.165, 1.54) is 19.3 Å². The van der Waals surface area contributed by atoms with E-state index in [0.29, 0.717) is 50.8 Å². The van der Waals surface area contributed by atoms with Gasteiger partial charge in [0.1, 0.15) is 11.5 Å². The summed E-state index contributed by atoms with van der Waals surface area (Å²) in [5, 5.41) is 9.19. The number of oxazole rings is 1. The molecule has 1 fully saturated rings. The summed E-state index contributed by atoms with van der Waals surface area (Å²) in [4.78, 5) is 30.9. The van der Waals surface area contributed by atoms with Gasteiger partial charge < -0.3 is 19.2 Å². The first-order chi connectivity index (χ1) is 19.3. The minimum Gasteiger partial charge on any atom is -0.493 e. The number of benzene rings is 1. The van der Waals surface area contributed by atoms with Gasteiger partial charge in [-0.25, -0.2) is 4.98 Å². The number of aliphatic carboxylic acids is 1. The van der Waals surface area contributed by atoms with Gasteiger partial charge in [-0.05, 0) is 69.6 Å². The van der Waals surface area contributed by atoms with Crippen molar-refractivity contribution < 1.29 is 23.8 Å². The Morgan fingerprint density at radius 2 is 1.88 bits per heavy atom. The highest BCUT2D eigenvalue weighted by Crippen LogP contribution is 2.36. The Morgan fingerprint density at radius 3 is 2.52 bits per heavy atom. The Bertz CT molecular complexity index is 1190.